The number of aromatic nitrogens is 6. The number of hydrogen-bond acceptors (Lipinski definition) is 21. The summed E-state index contributed by atoms with van der Waals surface area (Å²) in [4.78, 5) is 87.8. The smallest absolute Gasteiger partial charge is 0.455 e. The SMILES string of the molecule is CSSC(C)CC(NC(=O)OC(C)(C)C)C(=O)O[C@@H]1C[C@H](COP(=O)(O)O[C@H]2CC(n3ccc(N)nc3=O)OC2COP(=O)(O)O)O[C@@]1(N=[N+]=[N-])n1cnc2c(N)ncnc21. The largest absolute Gasteiger partial charge is 0.472 e. The summed E-state index contributed by atoms with van der Waals surface area (Å²) >= 11 is 0. The third-order valence-corrected chi connectivity index (χ3v) is 12.4. The van der Waals surface area contributed by atoms with Crippen LogP contribution < -0.4 is 22.5 Å². The van der Waals surface area contributed by atoms with E-state index in [1.54, 1.807) is 20.8 Å². The van der Waals surface area contributed by atoms with Crippen LogP contribution in [-0.4, -0.2) is 117 Å². The highest BCUT2D eigenvalue weighted by molar-refractivity contribution is 8.76. The van der Waals surface area contributed by atoms with Crippen molar-refractivity contribution >= 4 is 72.1 Å². The van der Waals surface area contributed by atoms with Crippen LogP contribution in [0.25, 0.3) is 21.6 Å². The van der Waals surface area contributed by atoms with Crippen molar-refractivity contribution in [2.45, 2.75) is 100 Å². The summed E-state index contributed by atoms with van der Waals surface area (Å²) in [5, 5.41) is 6.22. The molecule has 0 radical (unpaired) electrons. The van der Waals surface area contributed by atoms with Crippen LogP contribution in [0.4, 0.5) is 16.4 Å². The minimum atomic E-state index is -5.18. The van der Waals surface area contributed by atoms with E-state index in [4.69, 9.17) is 39.5 Å². The number of nitrogens with two attached hydrogens (primary N) is 2. The van der Waals surface area contributed by atoms with E-state index in [2.05, 4.69) is 39.8 Å². The molecule has 1 amide bonds. The number of esters is 1. The van der Waals surface area contributed by atoms with Gasteiger partial charge in [-0.1, -0.05) is 28.5 Å². The van der Waals surface area contributed by atoms with Crippen LogP contribution in [0.3, 0.4) is 0 Å². The molecule has 8 N–H and O–H groups in total. The second-order valence-electron chi connectivity index (χ2n) is 14.4. The first kappa shape index (κ1) is 48.0. The molecule has 2 fully saturated rings. The zero-order chi connectivity index (χ0) is 44.9. The molecule has 2 aliphatic rings. The van der Waals surface area contributed by atoms with Gasteiger partial charge in [0.25, 0.3) is 5.85 Å². The van der Waals surface area contributed by atoms with Gasteiger partial charge in [-0.15, -0.1) is 0 Å². The summed E-state index contributed by atoms with van der Waals surface area (Å²) < 4.78 is 65.6. The molecular formula is C30H44N12O15P2S2. The van der Waals surface area contributed by atoms with Crippen LogP contribution in [0.2, 0.25) is 0 Å². The van der Waals surface area contributed by atoms with Gasteiger partial charge in [0, 0.05) is 29.2 Å². The van der Waals surface area contributed by atoms with Crippen molar-refractivity contribution in [1.29, 1.82) is 0 Å². The van der Waals surface area contributed by atoms with Crippen molar-refractivity contribution in [2.75, 3.05) is 30.9 Å². The van der Waals surface area contributed by atoms with Gasteiger partial charge in [-0.25, -0.2) is 38.5 Å². The molecule has 9 atom stereocenters. The Balaban J connectivity index is 1.41. The van der Waals surface area contributed by atoms with Crippen molar-refractivity contribution in [3.8, 4) is 0 Å². The van der Waals surface area contributed by atoms with Crippen molar-refractivity contribution in [3.05, 3.63) is 45.8 Å². The van der Waals surface area contributed by atoms with E-state index >= 15 is 0 Å². The second-order valence-corrected chi connectivity index (χ2v) is 20.0. The van der Waals surface area contributed by atoms with Gasteiger partial charge >= 0.3 is 33.4 Å². The number of fused-ring (bicyclic) bond motifs is 1. The van der Waals surface area contributed by atoms with E-state index in [9.17, 15) is 43.7 Å². The number of imidazole rings is 1. The quantitative estimate of drug-likeness (QED) is 0.0266. The summed E-state index contributed by atoms with van der Waals surface area (Å²) in [6.07, 6.45) is -3.26. The number of hydrogen-bond donors (Lipinski definition) is 6. The number of rotatable bonds is 18. The zero-order valence-electron chi connectivity index (χ0n) is 33.0. The molecule has 2 saturated heterocycles. The van der Waals surface area contributed by atoms with E-state index in [0.717, 1.165) is 21.8 Å². The molecule has 0 bridgehead atoms. The number of carbonyl (C=O) groups is 2. The molecule has 0 aromatic carbocycles. The highest BCUT2D eigenvalue weighted by Crippen LogP contribution is 2.50. The van der Waals surface area contributed by atoms with Gasteiger partial charge in [-0.3, -0.25) is 22.7 Å². The van der Waals surface area contributed by atoms with Crippen molar-refractivity contribution in [3.63, 3.8) is 0 Å². The Kier molecular flexibility index (Phi) is 15.4. The lowest BCUT2D eigenvalue weighted by Gasteiger charge is -2.32. The summed E-state index contributed by atoms with van der Waals surface area (Å²) in [6.45, 7) is 5.10. The number of nitrogens with one attached hydrogen (secondary N) is 1. The summed E-state index contributed by atoms with van der Waals surface area (Å²) in [6, 6.07) is -0.0213. The fraction of sp³-hybridized carbons (Fsp3) is 0.633. The van der Waals surface area contributed by atoms with Crippen LogP contribution in [0.15, 0.2) is 34.8 Å². The lowest BCUT2D eigenvalue weighted by molar-refractivity contribution is -0.177. The van der Waals surface area contributed by atoms with E-state index in [1.807, 2.05) is 13.2 Å². The summed E-state index contributed by atoms with van der Waals surface area (Å²) in [7, 11) is -7.39. The third kappa shape index (κ3) is 12.5. The van der Waals surface area contributed by atoms with Crippen molar-refractivity contribution in [2.24, 2.45) is 5.11 Å². The molecule has 0 saturated carbocycles. The van der Waals surface area contributed by atoms with Gasteiger partial charge in [-0.05, 0) is 50.2 Å². The zero-order valence-corrected chi connectivity index (χ0v) is 36.4. The molecule has 27 nitrogen and oxygen atoms in total. The maximum Gasteiger partial charge on any atom is 0.472 e. The number of amides is 1. The molecule has 61 heavy (non-hydrogen) atoms. The van der Waals surface area contributed by atoms with E-state index in [-0.39, 0.29) is 47.3 Å². The Morgan fingerprint density at radius 1 is 1.18 bits per heavy atom. The number of ether oxygens (including phenoxy) is 4. The molecule has 5 rings (SSSR count). The summed E-state index contributed by atoms with van der Waals surface area (Å²) in [5.74, 6) is -3.50. The highest BCUT2D eigenvalue weighted by Gasteiger charge is 2.55. The molecule has 3 aromatic heterocycles. The number of alkyl carbamates (subject to hydrolysis) is 1. The first-order chi connectivity index (χ1) is 28.5. The predicted octanol–water partition coefficient (Wildman–Crippen LogP) is 2.45. The third-order valence-electron chi connectivity index (χ3n) is 8.63. The van der Waals surface area contributed by atoms with E-state index < -0.39 is 94.7 Å². The molecule has 5 heterocycles. The van der Waals surface area contributed by atoms with Crippen LogP contribution in [-0.2, 0) is 52.3 Å². The fourth-order valence-corrected chi connectivity index (χ4v) is 9.38. The van der Waals surface area contributed by atoms with Crippen LogP contribution in [0, 0.1) is 0 Å². The number of phosphoric acid groups is 2. The molecular weight excluding hydrogens is 894 g/mol. The normalized spacial score (nSPS) is 25.0. The van der Waals surface area contributed by atoms with Gasteiger partial charge in [0.2, 0.25) is 0 Å². The first-order valence-electron chi connectivity index (χ1n) is 18.0. The molecule has 336 valence electrons. The highest BCUT2D eigenvalue weighted by atomic mass is 33.1. The Morgan fingerprint density at radius 2 is 1.92 bits per heavy atom. The molecule has 2 aliphatic heterocycles. The van der Waals surface area contributed by atoms with Gasteiger partial charge in [0.1, 0.15) is 47.7 Å². The van der Waals surface area contributed by atoms with E-state index in [0.29, 0.717) is 0 Å². The minimum Gasteiger partial charge on any atom is -0.455 e. The first-order valence-corrected chi connectivity index (χ1v) is 23.6. The minimum absolute atomic E-state index is 0.0260. The lowest BCUT2D eigenvalue weighted by atomic mass is 10.1. The maximum absolute atomic E-state index is 14.0. The van der Waals surface area contributed by atoms with Crippen LogP contribution >= 0.6 is 37.2 Å². The second kappa shape index (κ2) is 19.5. The van der Waals surface area contributed by atoms with Crippen LogP contribution in [0.1, 0.15) is 53.2 Å². The van der Waals surface area contributed by atoms with Gasteiger partial charge in [-0.2, -0.15) is 4.98 Å². The van der Waals surface area contributed by atoms with E-state index in [1.165, 1.54) is 33.9 Å². The predicted molar refractivity (Wildman–Crippen MR) is 215 cm³/mol. The Morgan fingerprint density at radius 3 is 2.57 bits per heavy atom. The standard InChI is InChI=1S/C30H44N12O15P2S2/c1-15(61-60-5)8-17(37-28(45)56-29(2,3)4)26(43)54-20-9-16(55-30(20,39-40-33)42-14-36-23-24(32)34-13-35-25(23)42)11-52-59(49,50)57-18-10-22(41-7-6-21(31)38-27(41)44)53-19(18)12-51-58(46,47)48/h6-7,13-20,22H,8-12H2,1-5H3,(H,37,45)(H,49,50)(H2,31,38,44)(H2,32,34,35)(H2,46,47,48)/t15?,16-,17?,18+,19?,20-,22?,30+/m1/s1. The van der Waals surface area contributed by atoms with Crippen molar-refractivity contribution in [1.82, 2.24) is 34.4 Å². The van der Waals surface area contributed by atoms with Crippen molar-refractivity contribution < 1.29 is 65.9 Å². The number of phosphoric ester groups is 2. The molecule has 31 heteroatoms. The Bertz CT molecular complexity index is 2270. The Labute approximate surface area is 353 Å². The van der Waals surface area contributed by atoms with Gasteiger partial charge < -0.3 is 50.4 Å². The number of azide groups is 1. The van der Waals surface area contributed by atoms with Gasteiger partial charge in [0.15, 0.2) is 17.6 Å². The topological polar surface area (TPSA) is 385 Å². The monoisotopic (exact) mass is 938 g/mol. The molecule has 0 aliphatic carbocycles. The number of nitrogens with zero attached hydrogens (tertiary/aromatic N) is 9. The molecule has 0 spiro atoms. The maximum atomic E-state index is 14.0. The fourth-order valence-electron chi connectivity index (χ4n) is 6.24. The number of carbonyl (C=O) groups excluding carboxylic acids is 2. The van der Waals surface area contributed by atoms with Gasteiger partial charge in [0.05, 0.1) is 25.6 Å². The Hall–Kier alpha value is -4.08. The average Bonchev–Trinajstić information content (AvgIpc) is 3.85. The number of nitrogen functional groups attached to an aromatic ring is 2. The van der Waals surface area contributed by atoms with Crippen LogP contribution in [0.5, 0.6) is 0 Å². The molecule has 5 unspecified atom stereocenters. The number of anilines is 2. The summed E-state index contributed by atoms with van der Waals surface area (Å²) in [5.41, 5.74) is 19.7. The molecule has 3 aromatic rings. The lowest BCUT2D eigenvalue weighted by Crippen LogP contribution is -2.49. The average molecular weight is 939 g/mol.